The SMILES string of the molecule is C1CCCC(C2CCCCCCP2)CCC1. The van der Waals surface area contributed by atoms with Gasteiger partial charge in [0.25, 0.3) is 0 Å². The van der Waals surface area contributed by atoms with E-state index in [-0.39, 0.29) is 0 Å². The lowest BCUT2D eigenvalue weighted by Gasteiger charge is -2.30. The highest BCUT2D eigenvalue weighted by Gasteiger charge is 2.22. The molecule has 0 N–H and O–H groups in total. The maximum atomic E-state index is 1.57. The van der Waals surface area contributed by atoms with Crippen molar-refractivity contribution in [1.82, 2.24) is 0 Å². The van der Waals surface area contributed by atoms with Gasteiger partial charge in [0.2, 0.25) is 0 Å². The van der Waals surface area contributed by atoms with Gasteiger partial charge in [0, 0.05) is 0 Å². The van der Waals surface area contributed by atoms with Gasteiger partial charge in [-0.25, -0.2) is 0 Å². The normalized spacial score (nSPS) is 32.6. The van der Waals surface area contributed by atoms with Gasteiger partial charge in [0.1, 0.15) is 0 Å². The van der Waals surface area contributed by atoms with Gasteiger partial charge < -0.3 is 0 Å². The molecule has 16 heavy (non-hydrogen) atoms. The van der Waals surface area contributed by atoms with Crippen molar-refractivity contribution in [1.29, 1.82) is 0 Å². The van der Waals surface area contributed by atoms with E-state index in [0.717, 1.165) is 11.6 Å². The van der Waals surface area contributed by atoms with Gasteiger partial charge in [-0.2, -0.15) is 0 Å². The number of rotatable bonds is 1. The van der Waals surface area contributed by atoms with E-state index in [1.165, 1.54) is 66.4 Å². The molecule has 0 bridgehead atoms. The molecule has 0 spiro atoms. The first-order valence-electron chi connectivity index (χ1n) is 7.70. The zero-order valence-electron chi connectivity index (χ0n) is 10.8. The summed E-state index contributed by atoms with van der Waals surface area (Å²) < 4.78 is 0. The topological polar surface area (TPSA) is 0 Å². The van der Waals surface area contributed by atoms with Crippen LogP contribution in [0.4, 0.5) is 0 Å². The van der Waals surface area contributed by atoms with Crippen molar-refractivity contribution in [2.75, 3.05) is 6.16 Å². The Morgan fingerprint density at radius 3 is 1.88 bits per heavy atom. The molecular formula is C15H29P. The van der Waals surface area contributed by atoms with Gasteiger partial charge in [-0.05, 0) is 43.4 Å². The molecule has 0 aromatic heterocycles. The molecule has 1 aliphatic carbocycles. The quantitative estimate of drug-likeness (QED) is 0.541. The Morgan fingerprint density at radius 1 is 0.562 bits per heavy atom. The predicted octanol–water partition coefficient (Wildman–Crippen LogP) is 5.36. The van der Waals surface area contributed by atoms with Gasteiger partial charge in [-0.3, -0.25) is 0 Å². The van der Waals surface area contributed by atoms with E-state index >= 15 is 0 Å². The lowest BCUT2D eigenvalue weighted by molar-refractivity contribution is 0.352. The maximum absolute atomic E-state index is 1.57. The van der Waals surface area contributed by atoms with E-state index < -0.39 is 0 Å². The Hall–Kier alpha value is 0.430. The summed E-state index contributed by atoms with van der Waals surface area (Å²) in [4.78, 5) is 0. The Labute approximate surface area is 104 Å². The lowest BCUT2D eigenvalue weighted by atomic mass is 9.87. The monoisotopic (exact) mass is 240 g/mol. The molecule has 2 rings (SSSR count). The zero-order chi connectivity index (χ0) is 11.1. The third kappa shape index (κ3) is 4.36. The molecule has 2 aliphatic rings. The lowest BCUT2D eigenvalue weighted by Crippen LogP contribution is -2.19. The molecule has 2 unspecified atom stereocenters. The van der Waals surface area contributed by atoms with Crippen molar-refractivity contribution in [2.24, 2.45) is 5.92 Å². The molecule has 0 amide bonds. The van der Waals surface area contributed by atoms with Crippen LogP contribution in [0.25, 0.3) is 0 Å². The molecule has 0 radical (unpaired) electrons. The molecule has 1 saturated carbocycles. The second-order valence-electron chi connectivity index (χ2n) is 5.87. The fraction of sp³-hybridized carbons (Fsp3) is 1.00. The summed E-state index contributed by atoms with van der Waals surface area (Å²) >= 11 is 0. The highest BCUT2D eigenvalue weighted by molar-refractivity contribution is 7.38. The fourth-order valence-electron chi connectivity index (χ4n) is 3.52. The minimum Gasteiger partial charge on any atom is -0.119 e. The van der Waals surface area contributed by atoms with Gasteiger partial charge in [0.15, 0.2) is 0 Å². The largest absolute Gasteiger partial charge is 0.119 e. The van der Waals surface area contributed by atoms with Crippen molar-refractivity contribution >= 4 is 8.58 Å². The van der Waals surface area contributed by atoms with Crippen LogP contribution < -0.4 is 0 Å². The summed E-state index contributed by atoms with van der Waals surface area (Å²) in [6.45, 7) is 0. The van der Waals surface area contributed by atoms with Crippen LogP contribution in [0, 0.1) is 5.92 Å². The van der Waals surface area contributed by atoms with E-state index in [4.69, 9.17) is 0 Å². The summed E-state index contributed by atoms with van der Waals surface area (Å²) in [5.74, 6) is 1.12. The van der Waals surface area contributed by atoms with Crippen molar-refractivity contribution in [3.05, 3.63) is 0 Å². The number of hydrogen-bond acceptors (Lipinski definition) is 0. The van der Waals surface area contributed by atoms with Gasteiger partial charge in [0.05, 0.1) is 0 Å². The molecule has 1 heteroatoms. The van der Waals surface area contributed by atoms with Crippen LogP contribution in [-0.4, -0.2) is 11.8 Å². The molecule has 0 nitrogen and oxygen atoms in total. The predicted molar refractivity (Wildman–Crippen MR) is 75.9 cm³/mol. The Morgan fingerprint density at radius 2 is 1.12 bits per heavy atom. The minimum atomic E-state index is 1.12. The van der Waals surface area contributed by atoms with Crippen molar-refractivity contribution < 1.29 is 0 Å². The zero-order valence-corrected chi connectivity index (χ0v) is 11.8. The summed E-state index contributed by atoms with van der Waals surface area (Å²) in [6, 6.07) is 0. The first kappa shape index (κ1) is 12.9. The van der Waals surface area contributed by atoms with E-state index in [0.29, 0.717) is 0 Å². The molecule has 0 aromatic carbocycles. The smallest absolute Gasteiger partial charge is 0.0208 e. The highest BCUT2D eigenvalue weighted by Crippen LogP contribution is 2.39. The Bertz CT molecular complexity index is 142. The third-order valence-electron chi connectivity index (χ3n) is 4.57. The molecule has 1 saturated heterocycles. The van der Waals surface area contributed by atoms with E-state index in [9.17, 15) is 0 Å². The van der Waals surface area contributed by atoms with Crippen molar-refractivity contribution in [2.45, 2.75) is 82.7 Å². The number of hydrogen-bond donors (Lipinski definition) is 0. The molecule has 2 atom stereocenters. The summed E-state index contributed by atoms with van der Waals surface area (Å²) in [5, 5.41) is 0. The summed E-state index contributed by atoms with van der Waals surface area (Å²) in [6.07, 6.45) is 20.0. The Kier molecular flexibility index (Phi) is 6.19. The second-order valence-corrected chi connectivity index (χ2v) is 7.52. The minimum absolute atomic E-state index is 1.12. The van der Waals surface area contributed by atoms with E-state index in [2.05, 4.69) is 0 Å². The second kappa shape index (κ2) is 7.70. The fourth-order valence-corrected chi connectivity index (χ4v) is 5.42. The Balaban J connectivity index is 1.81. The average Bonchev–Trinajstić information content (AvgIpc) is 2.18. The summed E-state index contributed by atoms with van der Waals surface area (Å²) in [5.41, 5.74) is 1.14. The van der Waals surface area contributed by atoms with Crippen LogP contribution >= 0.6 is 8.58 Å². The highest BCUT2D eigenvalue weighted by atomic mass is 31.1. The van der Waals surface area contributed by atoms with E-state index in [1.54, 1.807) is 25.4 Å². The van der Waals surface area contributed by atoms with E-state index in [1.807, 2.05) is 0 Å². The molecule has 0 aromatic rings. The maximum Gasteiger partial charge on any atom is -0.0208 e. The van der Waals surface area contributed by atoms with Crippen molar-refractivity contribution in [3.63, 3.8) is 0 Å². The molecule has 94 valence electrons. The van der Waals surface area contributed by atoms with Crippen molar-refractivity contribution in [3.8, 4) is 0 Å². The molecule has 1 aliphatic heterocycles. The standard InChI is InChI=1S/C15H29P/c1-2-6-10-14(11-7-3-1)15-12-8-4-5-9-13-16-15/h14-16H,1-13H2. The van der Waals surface area contributed by atoms with Gasteiger partial charge in [-0.15, -0.1) is 8.58 Å². The van der Waals surface area contributed by atoms with Crippen LogP contribution in [0.3, 0.4) is 0 Å². The third-order valence-corrected chi connectivity index (χ3v) is 6.49. The first-order valence-corrected chi connectivity index (χ1v) is 8.98. The van der Waals surface area contributed by atoms with Gasteiger partial charge in [-0.1, -0.05) is 51.4 Å². The first-order chi connectivity index (χ1) is 7.97. The van der Waals surface area contributed by atoms with Crippen LogP contribution in [-0.2, 0) is 0 Å². The van der Waals surface area contributed by atoms with Crippen LogP contribution in [0.5, 0.6) is 0 Å². The molecular weight excluding hydrogens is 211 g/mol. The molecule has 1 heterocycles. The van der Waals surface area contributed by atoms with Gasteiger partial charge >= 0.3 is 0 Å². The summed E-state index contributed by atoms with van der Waals surface area (Å²) in [7, 11) is 1.31. The average molecular weight is 240 g/mol. The van der Waals surface area contributed by atoms with Crippen LogP contribution in [0.1, 0.15) is 77.0 Å². The van der Waals surface area contributed by atoms with Crippen LogP contribution in [0.2, 0.25) is 0 Å². The van der Waals surface area contributed by atoms with Crippen LogP contribution in [0.15, 0.2) is 0 Å². The molecule has 2 fully saturated rings.